The predicted octanol–water partition coefficient (Wildman–Crippen LogP) is 4.98. The molecule has 1 aliphatic carbocycles. The van der Waals surface area contributed by atoms with Crippen molar-refractivity contribution in [2.75, 3.05) is 0 Å². The number of alkyl halides is 3. The lowest BCUT2D eigenvalue weighted by Crippen LogP contribution is -2.09. The molecule has 28 heavy (non-hydrogen) atoms. The van der Waals surface area contributed by atoms with Crippen LogP contribution in [0.15, 0.2) is 51.5 Å². The van der Waals surface area contributed by atoms with E-state index in [1.54, 1.807) is 30.3 Å². The zero-order chi connectivity index (χ0) is 19.3. The summed E-state index contributed by atoms with van der Waals surface area (Å²) < 4.78 is 52.3. The fourth-order valence-electron chi connectivity index (χ4n) is 3.47. The first-order valence-corrected chi connectivity index (χ1v) is 8.51. The molecule has 4 aromatic rings. The quantitative estimate of drug-likeness (QED) is 0.489. The van der Waals surface area contributed by atoms with Gasteiger partial charge >= 0.3 is 6.18 Å². The summed E-state index contributed by atoms with van der Waals surface area (Å²) in [5.74, 6) is 0.0717. The van der Waals surface area contributed by atoms with Crippen LogP contribution in [0.1, 0.15) is 16.8 Å². The van der Waals surface area contributed by atoms with Gasteiger partial charge in [0, 0.05) is 16.7 Å². The Hall–Kier alpha value is -3.42. The lowest BCUT2D eigenvalue weighted by atomic mass is 9.91. The first kappa shape index (κ1) is 16.7. The molecule has 8 heteroatoms. The molecular formula is C20H11F3N3O2. The summed E-state index contributed by atoms with van der Waals surface area (Å²) in [7, 11) is 0. The minimum absolute atomic E-state index is 0.0479. The Morgan fingerprint density at radius 3 is 2.43 bits per heavy atom. The van der Waals surface area contributed by atoms with Crippen LogP contribution in [0.3, 0.4) is 0 Å². The molecule has 1 radical (unpaired) electrons. The van der Waals surface area contributed by atoms with Crippen LogP contribution in [0.5, 0.6) is 0 Å². The topological polar surface area (TPSA) is 65.0 Å². The number of pyridine rings is 1. The molecule has 0 N–H and O–H groups in total. The number of hydrogen-bond acceptors (Lipinski definition) is 5. The summed E-state index contributed by atoms with van der Waals surface area (Å²) in [6.07, 6.45) is -0.924. The molecule has 0 aliphatic heterocycles. The minimum atomic E-state index is -4.67. The van der Waals surface area contributed by atoms with E-state index in [-0.39, 0.29) is 22.7 Å². The van der Waals surface area contributed by atoms with Gasteiger partial charge in [-0.05, 0) is 25.0 Å². The molecule has 5 rings (SSSR count). The summed E-state index contributed by atoms with van der Waals surface area (Å²) in [5, 5.41) is 7.64. The number of aromatic nitrogens is 3. The van der Waals surface area contributed by atoms with Gasteiger partial charge < -0.3 is 9.05 Å². The highest BCUT2D eigenvalue weighted by molar-refractivity contribution is 5.78. The smallest absolute Gasteiger partial charge is 0.355 e. The summed E-state index contributed by atoms with van der Waals surface area (Å²) in [5.41, 5.74) is 1.06. The maximum atomic E-state index is 13.9. The largest absolute Gasteiger partial charge is 0.422 e. The highest BCUT2D eigenvalue weighted by Gasteiger charge is 2.43. The number of rotatable bonds is 2. The minimum Gasteiger partial charge on any atom is -0.355 e. The third kappa shape index (κ3) is 2.52. The van der Waals surface area contributed by atoms with E-state index in [0.717, 1.165) is 5.69 Å². The van der Waals surface area contributed by atoms with Crippen molar-refractivity contribution in [1.29, 1.82) is 0 Å². The first-order valence-electron chi connectivity index (χ1n) is 8.51. The first-order chi connectivity index (χ1) is 13.5. The fourth-order valence-corrected chi connectivity index (χ4v) is 3.47. The summed E-state index contributed by atoms with van der Waals surface area (Å²) in [6, 6.07) is 11.4. The summed E-state index contributed by atoms with van der Waals surface area (Å²) in [4.78, 5) is 4.17. The third-order valence-corrected chi connectivity index (χ3v) is 4.72. The van der Waals surface area contributed by atoms with Gasteiger partial charge in [-0.25, -0.2) is 0 Å². The third-order valence-electron chi connectivity index (χ3n) is 4.72. The van der Waals surface area contributed by atoms with E-state index in [4.69, 9.17) is 9.05 Å². The normalized spacial score (nSPS) is 13.2. The summed E-state index contributed by atoms with van der Waals surface area (Å²) in [6.45, 7) is 0. The summed E-state index contributed by atoms with van der Waals surface area (Å²) >= 11 is 0. The maximum absolute atomic E-state index is 13.9. The Labute approximate surface area is 156 Å². The SMILES string of the molecule is FC(F)(F)c1c(-c2noc3c2CCc2n[c]ccc2-3)noc1-c1ccccc1. The second-order valence-corrected chi connectivity index (χ2v) is 6.37. The van der Waals surface area contributed by atoms with Crippen LogP contribution in [-0.2, 0) is 19.0 Å². The number of benzene rings is 1. The molecule has 0 amide bonds. The van der Waals surface area contributed by atoms with Gasteiger partial charge in [-0.3, -0.25) is 4.98 Å². The van der Waals surface area contributed by atoms with Crippen molar-refractivity contribution < 1.29 is 22.2 Å². The number of hydrogen-bond donors (Lipinski definition) is 0. The Bertz CT molecular complexity index is 1160. The molecule has 0 unspecified atom stereocenters. The van der Waals surface area contributed by atoms with E-state index in [1.165, 1.54) is 12.1 Å². The lowest BCUT2D eigenvalue weighted by Gasteiger charge is -2.13. The van der Waals surface area contributed by atoms with Crippen LogP contribution in [0.4, 0.5) is 13.2 Å². The second kappa shape index (κ2) is 6.05. The molecular weight excluding hydrogens is 371 g/mol. The molecule has 3 aromatic heterocycles. The van der Waals surface area contributed by atoms with Crippen LogP contribution in [0.25, 0.3) is 34.0 Å². The number of aryl methyl sites for hydroxylation is 1. The molecule has 139 valence electrons. The number of nitrogens with zero attached hydrogens (tertiary/aromatic N) is 3. The van der Waals surface area contributed by atoms with Gasteiger partial charge in [0.1, 0.15) is 17.0 Å². The zero-order valence-corrected chi connectivity index (χ0v) is 14.2. The fraction of sp³-hybridized carbons (Fsp3) is 0.150. The van der Waals surface area contributed by atoms with Crippen molar-refractivity contribution >= 4 is 0 Å². The average molecular weight is 382 g/mol. The van der Waals surface area contributed by atoms with Gasteiger partial charge in [0.05, 0.1) is 11.9 Å². The van der Waals surface area contributed by atoms with Crippen molar-refractivity contribution in [3.8, 4) is 34.0 Å². The van der Waals surface area contributed by atoms with E-state index in [9.17, 15) is 13.2 Å². The van der Waals surface area contributed by atoms with Crippen molar-refractivity contribution in [2.24, 2.45) is 0 Å². The molecule has 1 aliphatic rings. The molecule has 0 bridgehead atoms. The van der Waals surface area contributed by atoms with Gasteiger partial charge in [0.2, 0.25) is 0 Å². The Morgan fingerprint density at radius 1 is 0.893 bits per heavy atom. The highest BCUT2D eigenvalue weighted by atomic mass is 19.4. The highest BCUT2D eigenvalue weighted by Crippen LogP contribution is 2.45. The van der Waals surface area contributed by atoms with Crippen molar-refractivity contribution in [1.82, 2.24) is 15.3 Å². The van der Waals surface area contributed by atoms with E-state index in [1.807, 2.05) is 0 Å². The maximum Gasteiger partial charge on any atom is 0.422 e. The van der Waals surface area contributed by atoms with Gasteiger partial charge in [-0.1, -0.05) is 40.6 Å². The molecule has 3 heterocycles. The molecule has 0 spiro atoms. The van der Waals surface area contributed by atoms with Gasteiger partial charge in [-0.2, -0.15) is 13.2 Å². The molecule has 0 saturated carbocycles. The van der Waals surface area contributed by atoms with E-state index < -0.39 is 11.7 Å². The van der Waals surface area contributed by atoms with Gasteiger partial charge in [0.25, 0.3) is 0 Å². The lowest BCUT2D eigenvalue weighted by molar-refractivity contribution is -0.136. The van der Waals surface area contributed by atoms with Crippen molar-refractivity contribution in [3.63, 3.8) is 0 Å². The molecule has 1 aromatic carbocycles. The van der Waals surface area contributed by atoms with E-state index >= 15 is 0 Å². The van der Waals surface area contributed by atoms with Crippen molar-refractivity contribution in [2.45, 2.75) is 19.0 Å². The van der Waals surface area contributed by atoms with E-state index in [2.05, 4.69) is 21.5 Å². The molecule has 0 saturated heterocycles. The van der Waals surface area contributed by atoms with Crippen LogP contribution in [0, 0.1) is 6.20 Å². The van der Waals surface area contributed by atoms with Gasteiger partial charge in [0.15, 0.2) is 11.5 Å². The van der Waals surface area contributed by atoms with Crippen molar-refractivity contribution in [3.05, 3.63) is 65.5 Å². The second-order valence-electron chi connectivity index (χ2n) is 6.37. The van der Waals surface area contributed by atoms with E-state index in [0.29, 0.717) is 29.7 Å². The Balaban J connectivity index is 1.71. The number of halogens is 3. The van der Waals surface area contributed by atoms with Crippen LogP contribution >= 0.6 is 0 Å². The average Bonchev–Trinajstić information content (AvgIpc) is 3.32. The number of fused-ring (bicyclic) bond motifs is 3. The molecule has 0 atom stereocenters. The molecule has 5 nitrogen and oxygen atoms in total. The van der Waals surface area contributed by atoms with Crippen LogP contribution < -0.4 is 0 Å². The Morgan fingerprint density at radius 2 is 1.64 bits per heavy atom. The monoisotopic (exact) mass is 382 g/mol. The zero-order valence-electron chi connectivity index (χ0n) is 14.2. The van der Waals surface area contributed by atoms with Crippen LogP contribution in [0.2, 0.25) is 0 Å². The predicted molar refractivity (Wildman–Crippen MR) is 91.9 cm³/mol. The van der Waals surface area contributed by atoms with Crippen LogP contribution in [-0.4, -0.2) is 15.3 Å². The molecule has 0 fully saturated rings. The Kier molecular flexibility index (Phi) is 3.61. The van der Waals surface area contributed by atoms with Gasteiger partial charge in [-0.15, -0.1) is 0 Å². The standard InChI is InChI=1S/C20H11F3N3O2/c21-20(22,23)15-17(26-27-18(15)11-5-2-1-3-6-11)16-13-8-9-14-12(7-4-10-24-14)19(13)28-25-16/h1-7H,8-9H2.